The Hall–Kier alpha value is -1.57. The van der Waals surface area contributed by atoms with Crippen LogP contribution in [0.15, 0.2) is 40.5 Å². The lowest BCUT2D eigenvalue weighted by molar-refractivity contribution is -0.127. The van der Waals surface area contributed by atoms with Gasteiger partial charge in [-0.3, -0.25) is 4.79 Å². The fraction of sp³-hybridized carbons (Fsp3) is 0.350. The van der Waals surface area contributed by atoms with Crippen molar-refractivity contribution in [3.8, 4) is 0 Å². The third-order valence-corrected chi connectivity index (χ3v) is 7.72. The lowest BCUT2D eigenvalue weighted by Crippen LogP contribution is -2.27. The van der Waals surface area contributed by atoms with Crippen molar-refractivity contribution >= 4 is 51.0 Å². The van der Waals surface area contributed by atoms with Crippen LogP contribution in [-0.4, -0.2) is 39.8 Å². The predicted octanol–water partition coefficient (Wildman–Crippen LogP) is 4.65. The van der Waals surface area contributed by atoms with E-state index in [1.54, 1.807) is 34.3 Å². The molecule has 1 aromatic carbocycles. The van der Waals surface area contributed by atoms with Crippen molar-refractivity contribution < 1.29 is 4.79 Å². The minimum atomic E-state index is 0.118. The molecule has 7 heteroatoms. The summed E-state index contributed by atoms with van der Waals surface area (Å²) in [6.45, 7) is 0.626. The van der Waals surface area contributed by atoms with Gasteiger partial charge in [0.15, 0.2) is 0 Å². The number of rotatable bonds is 6. The quantitative estimate of drug-likeness (QED) is 0.433. The maximum absolute atomic E-state index is 12.6. The Morgan fingerprint density at radius 3 is 2.81 bits per heavy atom. The first-order chi connectivity index (χ1) is 13.2. The second kappa shape index (κ2) is 8.20. The second-order valence-corrected chi connectivity index (χ2v) is 9.53. The van der Waals surface area contributed by atoms with Crippen molar-refractivity contribution in [1.29, 1.82) is 0 Å². The van der Waals surface area contributed by atoms with E-state index in [4.69, 9.17) is 0 Å². The van der Waals surface area contributed by atoms with Crippen LogP contribution < -0.4 is 0 Å². The third-order valence-electron chi connectivity index (χ3n) is 4.80. The van der Waals surface area contributed by atoms with Crippen LogP contribution in [0.2, 0.25) is 0 Å². The van der Waals surface area contributed by atoms with Crippen LogP contribution in [0.4, 0.5) is 0 Å². The summed E-state index contributed by atoms with van der Waals surface area (Å²) in [5.41, 5.74) is 2.56. The lowest BCUT2D eigenvalue weighted by atomic mass is 10.2. The third kappa shape index (κ3) is 4.00. The Balaban J connectivity index is 1.42. The fourth-order valence-corrected chi connectivity index (χ4v) is 6.01. The molecule has 0 atom stereocenters. The van der Waals surface area contributed by atoms with Gasteiger partial charge < -0.3 is 4.90 Å². The first kappa shape index (κ1) is 18.8. The van der Waals surface area contributed by atoms with Gasteiger partial charge in [0.2, 0.25) is 5.91 Å². The Morgan fingerprint density at radius 1 is 1.22 bits per heavy atom. The number of aryl methyl sites for hydroxylation is 2. The highest BCUT2D eigenvalue weighted by Crippen LogP contribution is 2.40. The minimum absolute atomic E-state index is 0.118. The number of thiophene rings is 1. The van der Waals surface area contributed by atoms with Gasteiger partial charge in [-0.1, -0.05) is 23.9 Å². The van der Waals surface area contributed by atoms with E-state index in [1.165, 1.54) is 38.9 Å². The molecule has 1 aliphatic carbocycles. The summed E-state index contributed by atoms with van der Waals surface area (Å²) in [6, 6.07) is 8.38. The van der Waals surface area contributed by atoms with Crippen LogP contribution in [0.5, 0.6) is 0 Å². The molecule has 0 saturated heterocycles. The molecule has 0 bridgehead atoms. The van der Waals surface area contributed by atoms with E-state index in [1.807, 2.05) is 7.05 Å². The highest BCUT2D eigenvalue weighted by Gasteiger charge is 2.22. The van der Waals surface area contributed by atoms with Crippen molar-refractivity contribution in [2.24, 2.45) is 0 Å². The number of hydrogen-bond acceptors (Lipinski definition) is 6. The molecule has 0 spiro atoms. The highest BCUT2D eigenvalue weighted by molar-refractivity contribution is 8.00. The molecular weight excluding hydrogens is 394 g/mol. The number of hydrogen-bond donors (Lipinski definition) is 0. The van der Waals surface area contributed by atoms with Gasteiger partial charge in [-0.2, -0.15) is 0 Å². The first-order valence-electron chi connectivity index (χ1n) is 8.90. The summed E-state index contributed by atoms with van der Waals surface area (Å²) in [5, 5.41) is 2.13. The van der Waals surface area contributed by atoms with E-state index in [-0.39, 0.29) is 5.91 Å². The zero-order valence-electron chi connectivity index (χ0n) is 15.4. The van der Waals surface area contributed by atoms with Crippen molar-refractivity contribution in [1.82, 2.24) is 14.9 Å². The first-order valence-corrected chi connectivity index (χ1v) is 11.9. The van der Waals surface area contributed by atoms with E-state index in [0.29, 0.717) is 12.3 Å². The van der Waals surface area contributed by atoms with Gasteiger partial charge >= 0.3 is 0 Å². The smallest absolute Gasteiger partial charge is 0.233 e. The van der Waals surface area contributed by atoms with Crippen LogP contribution in [0.1, 0.15) is 22.4 Å². The zero-order chi connectivity index (χ0) is 18.8. The summed E-state index contributed by atoms with van der Waals surface area (Å²) in [4.78, 5) is 27.1. The maximum atomic E-state index is 12.6. The molecular formula is C20H21N3OS3. The van der Waals surface area contributed by atoms with Gasteiger partial charge in [0.05, 0.1) is 5.75 Å². The number of thioether (sulfide) groups is 2. The Bertz CT molecular complexity index is 969. The molecule has 4 rings (SSSR count). The Morgan fingerprint density at radius 2 is 2.04 bits per heavy atom. The highest BCUT2D eigenvalue weighted by atomic mass is 32.2. The van der Waals surface area contributed by atoms with Crippen LogP contribution in [0.3, 0.4) is 0 Å². The number of carbonyl (C=O) groups is 1. The van der Waals surface area contributed by atoms with Gasteiger partial charge in [-0.25, -0.2) is 9.97 Å². The standard InChI is InChI=1S/C20H21N3OS3/c1-23(10-13-6-8-14(25-2)9-7-13)17(24)11-26-19-18-15-4-3-5-16(15)27-20(18)22-12-21-19/h6-9,12H,3-5,10-11H2,1-2H3. The molecule has 2 aromatic heterocycles. The number of carbonyl (C=O) groups excluding carboxylic acids is 1. The molecule has 27 heavy (non-hydrogen) atoms. The predicted molar refractivity (Wildman–Crippen MR) is 115 cm³/mol. The normalized spacial score (nSPS) is 13.1. The molecule has 0 aliphatic heterocycles. The van der Waals surface area contributed by atoms with Crippen molar-refractivity contribution in [2.75, 3.05) is 19.1 Å². The molecule has 1 amide bonds. The summed E-state index contributed by atoms with van der Waals surface area (Å²) >= 11 is 5.04. The van der Waals surface area contributed by atoms with Crippen LogP contribution in [-0.2, 0) is 24.2 Å². The molecule has 0 unspecified atom stereocenters. The summed E-state index contributed by atoms with van der Waals surface area (Å²) < 4.78 is 0. The van der Waals surface area contributed by atoms with Crippen molar-refractivity contribution in [2.45, 2.75) is 35.7 Å². The Labute approximate surface area is 171 Å². The SMILES string of the molecule is CSc1ccc(CN(C)C(=O)CSc2ncnc3sc4c(c23)CCC4)cc1. The molecule has 2 heterocycles. The summed E-state index contributed by atoms with van der Waals surface area (Å²) in [5.74, 6) is 0.517. The van der Waals surface area contributed by atoms with E-state index in [0.717, 1.165) is 28.3 Å². The van der Waals surface area contributed by atoms with Crippen molar-refractivity contribution in [3.63, 3.8) is 0 Å². The molecule has 0 N–H and O–H groups in total. The van der Waals surface area contributed by atoms with Crippen LogP contribution in [0, 0.1) is 0 Å². The van der Waals surface area contributed by atoms with Crippen LogP contribution >= 0.6 is 34.9 Å². The summed E-state index contributed by atoms with van der Waals surface area (Å²) in [7, 11) is 1.86. The number of benzene rings is 1. The second-order valence-electron chi connectivity index (χ2n) is 6.60. The largest absolute Gasteiger partial charge is 0.341 e. The molecule has 0 radical (unpaired) electrons. The molecule has 0 fully saturated rings. The lowest BCUT2D eigenvalue weighted by Gasteiger charge is -2.17. The number of fused-ring (bicyclic) bond motifs is 3. The number of amides is 1. The number of nitrogens with zero attached hydrogens (tertiary/aromatic N) is 3. The average Bonchev–Trinajstić information content (AvgIpc) is 3.27. The average molecular weight is 416 g/mol. The number of aromatic nitrogens is 2. The van der Waals surface area contributed by atoms with E-state index in [2.05, 4.69) is 40.5 Å². The van der Waals surface area contributed by atoms with Gasteiger partial charge in [-0.05, 0) is 48.8 Å². The molecule has 140 valence electrons. The molecule has 0 saturated carbocycles. The van der Waals surface area contributed by atoms with E-state index in [9.17, 15) is 4.79 Å². The zero-order valence-corrected chi connectivity index (χ0v) is 17.8. The van der Waals surface area contributed by atoms with E-state index < -0.39 is 0 Å². The Kier molecular flexibility index (Phi) is 5.71. The summed E-state index contributed by atoms with van der Waals surface area (Å²) in [6.07, 6.45) is 7.16. The van der Waals surface area contributed by atoms with Gasteiger partial charge in [0.25, 0.3) is 0 Å². The van der Waals surface area contributed by atoms with E-state index >= 15 is 0 Å². The van der Waals surface area contributed by atoms with Gasteiger partial charge in [0.1, 0.15) is 16.2 Å². The molecule has 3 aromatic rings. The van der Waals surface area contributed by atoms with Crippen molar-refractivity contribution in [3.05, 3.63) is 46.6 Å². The van der Waals surface area contributed by atoms with Crippen LogP contribution in [0.25, 0.3) is 10.2 Å². The molecule has 1 aliphatic rings. The minimum Gasteiger partial charge on any atom is -0.341 e. The molecule has 4 nitrogen and oxygen atoms in total. The fourth-order valence-electron chi connectivity index (χ4n) is 3.34. The van der Waals surface area contributed by atoms with Gasteiger partial charge in [-0.15, -0.1) is 23.1 Å². The topological polar surface area (TPSA) is 46.1 Å². The maximum Gasteiger partial charge on any atom is 0.233 e. The van der Waals surface area contributed by atoms with Gasteiger partial charge in [0, 0.05) is 28.8 Å². The monoisotopic (exact) mass is 415 g/mol.